The molecule has 0 saturated carbocycles. The molecule has 0 aliphatic carbocycles. The Morgan fingerprint density at radius 2 is 2.35 bits per heavy atom. The molecule has 0 aromatic heterocycles. The minimum absolute atomic E-state index is 0.177. The van der Waals surface area contributed by atoms with Crippen LogP contribution in [-0.4, -0.2) is 37.4 Å². The van der Waals surface area contributed by atoms with E-state index in [1.54, 1.807) is 18.2 Å². The average molecular weight is 323 g/mol. The van der Waals surface area contributed by atoms with Gasteiger partial charge in [-0.15, -0.1) is 0 Å². The Morgan fingerprint density at radius 1 is 1.65 bits per heavy atom. The average Bonchev–Trinajstić information content (AvgIpc) is 2.31. The van der Waals surface area contributed by atoms with E-state index in [1.165, 1.54) is 7.11 Å². The summed E-state index contributed by atoms with van der Waals surface area (Å²) in [4.78, 5) is 11.8. The molecule has 1 unspecified atom stereocenters. The van der Waals surface area contributed by atoms with Crippen molar-refractivity contribution in [2.75, 3.05) is 20.3 Å². The largest absolute Gasteiger partial charge is 0.394 e. The Balaban J connectivity index is 2.72. The van der Waals surface area contributed by atoms with Crippen LogP contribution in [0, 0.1) is 0 Å². The van der Waals surface area contributed by atoms with Crippen molar-refractivity contribution >= 4 is 33.4 Å². The molecule has 1 aromatic rings. The zero-order chi connectivity index (χ0) is 12.8. The van der Waals surface area contributed by atoms with Crippen LogP contribution >= 0.6 is 27.5 Å². The standard InChI is InChI=1S/C11H13BrClNO3/c1-17-6-8(5-15)14-11(16)7-2-3-9(12)10(13)4-7/h2-4,8,15H,5-6H2,1H3,(H,14,16). The van der Waals surface area contributed by atoms with Gasteiger partial charge in [-0.1, -0.05) is 11.6 Å². The zero-order valence-corrected chi connectivity index (χ0v) is 11.6. The Morgan fingerprint density at radius 3 is 2.88 bits per heavy atom. The van der Waals surface area contributed by atoms with E-state index in [0.29, 0.717) is 10.6 Å². The fourth-order valence-corrected chi connectivity index (χ4v) is 1.67. The Hall–Kier alpha value is -0.620. The molecule has 6 heteroatoms. The molecular formula is C11H13BrClNO3. The van der Waals surface area contributed by atoms with Gasteiger partial charge in [0.15, 0.2) is 0 Å². The van der Waals surface area contributed by atoms with E-state index in [0.717, 1.165) is 4.47 Å². The maximum absolute atomic E-state index is 11.8. The number of aliphatic hydroxyl groups excluding tert-OH is 1. The van der Waals surface area contributed by atoms with Crippen molar-refractivity contribution in [1.29, 1.82) is 0 Å². The van der Waals surface area contributed by atoms with Gasteiger partial charge in [0, 0.05) is 17.1 Å². The normalized spacial score (nSPS) is 12.2. The van der Waals surface area contributed by atoms with Crippen molar-refractivity contribution in [1.82, 2.24) is 5.32 Å². The summed E-state index contributed by atoms with van der Waals surface area (Å²) in [7, 11) is 1.51. The number of carbonyl (C=O) groups is 1. The monoisotopic (exact) mass is 321 g/mol. The molecule has 0 saturated heterocycles. The third-order valence-electron chi connectivity index (χ3n) is 2.11. The molecule has 94 valence electrons. The molecule has 0 spiro atoms. The molecule has 0 bridgehead atoms. The third-order valence-corrected chi connectivity index (χ3v) is 3.34. The second kappa shape index (κ2) is 6.96. The van der Waals surface area contributed by atoms with Crippen molar-refractivity contribution in [2.45, 2.75) is 6.04 Å². The summed E-state index contributed by atoms with van der Waals surface area (Å²) in [6, 6.07) is 4.48. The predicted octanol–water partition coefficient (Wildman–Crippen LogP) is 1.84. The maximum atomic E-state index is 11.8. The quantitative estimate of drug-likeness (QED) is 0.869. The van der Waals surface area contributed by atoms with E-state index in [1.807, 2.05) is 0 Å². The van der Waals surface area contributed by atoms with Crippen LogP contribution in [0.25, 0.3) is 0 Å². The molecule has 0 heterocycles. The van der Waals surface area contributed by atoms with Crippen LogP contribution < -0.4 is 5.32 Å². The first-order valence-corrected chi connectivity index (χ1v) is 6.11. The van der Waals surface area contributed by atoms with Gasteiger partial charge in [-0.2, -0.15) is 0 Å². The summed E-state index contributed by atoms with van der Waals surface area (Å²) < 4.78 is 5.59. The summed E-state index contributed by atoms with van der Waals surface area (Å²) >= 11 is 9.13. The number of methoxy groups -OCH3 is 1. The number of hydrogen-bond donors (Lipinski definition) is 2. The topological polar surface area (TPSA) is 58.6 Å². The predicted molar refractivity (Wildman–Crippen MR) is 69.4 cm³/mol. The van der Waals surface area contributed by atoms with Crippen LogP contribution in [0.2, 0.25) is 5.02 Å². The molecule has 1 aromatic carbocycles. The molecule has 0 radical (unpaired) electrons. The fraction of sp³-hybridized carbons (Fsp3) is 0.364. The highest BCUT2D eigenvalue weighted by atomic mass is 79.9. The van der Waals surface area contributed by atoms with Crippen LogP contribution in [-0.2, 0) is 4.74 Å². The minimum atomic E-state index is -0.421. The SMILES string of the molecule is COCC(CO)NC(=O)c1ccc(Br)c(Cl)c1. The summed E-state index contributed by atoms with van der Waals surface area (Å²) in [5.41, 5.74) is 0.438. The van der Waals surface area contributed by atoms with Gasteiger partial charge in [-0.25, -0.2) is 0 Å². The molecule has 17 heavy (non-hydrogen) atoms. The molecule has 0 fully saturated rings. The van der Waals surface area contributed by atoms with E-state index < -0.39 is 6.04 Å². The van der Waals surface area contributed by atoms with E-state index in [9.17, 15) is 4.79 Å². The Bertz CT molecular complexity index is 400. The van der Waals surface area contributed by atoms with E-state index in [2.05, 4.69) is 21.2 Å². The molecular weight excluding hydrogens is 309 g/mol. The Kier molecular flexibility index (Phi) is 5.91. The highest BCUT2D eigenvalue weighted by Crippen LogP contribution is 2.23. The number of nitrogens with one attached hydrogen (secondary N) is 1. The zero-order valence-electron chi connectivity index (χ0n) is 9.24. The minimum Gasteiger partial charge on any atom is -0.394 e. The molecule has 4 nitrogen and oxygen atoms in total. The van der Waals surface area contributed by atoms with Crippen molar-refractivity contribution < 1.29 is 14.6 Å². The van der Waals surface area contributed by atoms with Crippen molar-refractivity contribution in [3.63, 3.8) is 0 Å². The lowest BCUT2D eigenvalue weighted by Crippen LogP contribution is -2.40. The lowest BCUT2D eigenvalue weighted by molar-refractivity contribution is 0.0839. The van der Waals surface area contributed by atoms with Crippen molar-refractivity contribution in [3.8, 4) is 0 Å². The molecule has 1 amide bonds. The second-order valence-corrected chi connectivity index (χ2v) is 4.70. The molecule has 0 aliphatic rings. The van der Waals surface area contributed by atoms with Crippen LogP contribution in [0.1, 0.15) is 10.4 Å². The smallest absolute Gasteiger partial charge is 0.251 e. The van der Waals surface area contributed by atoms with Gasteiger partial charge in [0.05, 0.1) is 24.3 Å². The molecule has 1 rings (SSSR count). The van der Waals surface area contributed by atoms with Crippen molar-refractivity contribution in [2.24, 2.45) is 0 Å². The number of carbonyl (C=O) groups excluding carboxylic acids is 1. The van der Waals surface area contributed by atoms with Gasteiger partial charge in [0.2, 0.25) is 0 Å². The van der Waals surface area contributed by atoms with Gasteiger partial charge in [0.1, 0.15) is 0 Å². The number of rotatable bonds is 5. The summed E-state index contributed by atoms with van der Waals surface area (Å²) in [6.07, 6.45) is 0. The summed E-state index contributed by atoms with van der Waals surface area (Å²) in [5.74, 6) is -0.296. The van der Waals surface area contributed by atoms with Gasteiger partial charge in [-0.05, 0) is 34.1 Å². The van der Waals surface area contributed by atoms with Gasteiger partial charge < -0.3 is 15.2 Å². The van der Waals surface area contributed by atoms with Gasteiger partial charge >= 0.3 is 0 Å². The van der Waals surface area contributed by atoms with Gasteiger partial charge in [-0.3, -0.25) is 4.79 Å². The fourth-order valence-electron chi connectivity index (χ4n) is 1.25. The highest BCUT2D eigenvalue weighted by molar-refractivity contribution is 9.10. The number of hydrogen-bond acceptors (Lipinski definition) is 3. The molecule has 0 aliphatic heterocycles. The van der Waals surface area contributed by atoms with Crippen LogP contribution in [0.15, 0.2) is 22.7 Å². The number of ether oxygens (including phenoxy) is 1. The number of amides is 1. The van der Waals surface area contributed by atoms with Gasteiger partial charge in [0.25, 0.3) is 5.91 Å². The molecule has 2 N–H and O–H groups in total. The lowest BCUT2D eigenvalue weighted by atomic mass is 10.2. The molecule has 1 atom stereocenters. The first-order valence-electron chi connectivity index (χ1n) is 4.94. The number of halogens is 2. The number of aliphatic hydroxyl groups is 1. The first kappa shape index (κ1) is 14.4. The van der Waals surface area contributed by atoms with Crippen LogP contribution in [0.4, 0.5) is 0 Å². The number of benzene rings is 1. The highest BCUT2D eigenvalue weighted by Gasteiger charge is 2.13. The lowest BCUT2D eigenvalue weighted by Gasteiger charge is -2.15. The Labute approximate surface area is 113 Å². The van der Waals surface area contributed by atoms with Crippen LogP contribution in [0.3, 0.4) is 0 Å². The van der Waals surface area contributed by atoms with Crippen LogP contribution in [0.5, 0.6) is 0 Å². The van der Waals surface area contributed by atoms with E-state index in [4.69, 9.17) is 21.4 Å². The first-order chi connectivity index (χ1) is 8.08. The van der Waals surface area contributed by atoms with E-state index >= 15 is 0 Å². The van der Waals surface area contributed by atoms with Crippen molar-refractivity contribution in [3.05, 3.63) is 33.3 Å². The van der Waals surface area contributed by atoms with E-state index in [-0.39, 0.29) is 19.1 Å². The summed E-state index contributed by atoms with van der Waals surface area (Å²) in [6.45, 7) is 0.0797. The maximum Gasteiger partial charge on any atom is 0.251 e. The summed E-state index contributed by atoms with van der Waals surface area (Å²) in [5, 5.41) is 12.1. The second-order valence-electron chi connectivity index (χ2n) is 3.44. The third kappa shape index (κ3) is 4.27.